The molecule has 0 rings (SSSR count). The summed E-state index contributed by atoms with van der Waals surface area (Å²) in [4.78, 5) is 21.6. The molecule has 0 radical (unpaired) electrons. The van der Waals surface area contributed by atoms with Gasteiger partial charge in [0.2, 0.25) is 5.91 Å². The number of aliphatic carboxylic acids is 1. The summed E-state index contributed by atoms with van der Waals surface area (Å²) < 4.78 is 21.6. The Balaban J connectivity index is 3.70. The van der Waals surface area contributed by atoms with Crippen molar-refractivity contribution in [3.05, 3.63) is 0 Å². The fourth-order valence-corrected chi connectivity index (χ4v) is 1.91. The van der Waals surface area contributed by atoms with Gasteiger partial charge < -0.3 is 10.4 Å². The van der Waals surface area contributed by atoms with Gasteiger partial charge in [0.15, 0.2) is 0 Å². The van der Waals surface area contributed by atoms with Crippen LogP contribution < -0.4 is 5.32 Å². The third-order valence-corrected chi connectivity index (χ3v) is 3.12. The molecule has 0 bridgehead atoms. The lowest BCUT2D eigenvalue weighted by atomic mass is 10.1. The van der Waals surface area contributed by atoms with E-state index in [1.165, 1.54) is 0 Å². The van der Waals surface area contributed by atoms with Crippen LogP contribution >= 0.6 is 0 Å². The molecule has 100 valence electrons. The average Bonchev–Trinajstić information content (AvgIpc) is 2.11. The number of hydrogen-bond acceptors (Lipinski definition) is 4. The lowest BCUT2D eigenvalue weighted by molar-refractivity contribution is -0.138. The molecule has 1 atom stereocenters. The van der Waals surface area contributed by atoms with E-state index in [0.717, 1.165) is 6.26 Å². The number of hydrogen-bond donors (Lipinski definition) is 2. The standard InChI is InChI=1S/C10H19NO5S/c1-8(6-10(13)14)7-11-9(12)4-3-5-17(2,15)16/h8H,3-7H2,1-2H3,(H,11,12)(H,13,14). The van der Waals surface area contributed by atoms with Crippen LogP contribution in [-0.4, -0.2) is 44.0 Å². The molecule has 0 saturated carbocycles. The van der Waals surface area contributed by atoms with Crippen molar-refractivity contribution >= 4 is 21.7 Å². The van der Waals surface area contributed by atoms with E-state index in [2.05, 4.69) is 5.32 Å². The van der Waals surface area contributed by atoms with Crippen molar-refractivity contribution in [3.8, 4) is 0 Å². The van der Waals surface area contributed by atoms with Crippen LogP contribution in [0.15, 0.2) is 0 Å². The number of carbonyl (C=O) groups excluding carboxylic acids is 1. The first-order valence-electron chi connectivity index (χ1n) is 5.37. The molecule has 17 heavy (non-hydrogen) atoms. The topological polar surface area (TPSA) is 101 Å². The van der Waals surface area contributed by atoms with Crippen molar-refractivity contribution in [1.82, 2.24) is 5.32 Å². The highest BCUT2D eigenvalue weighted by atomic mass is 32.2. The first-order valence-corrected chi connectivity index (χ1v) is 7.43. The van der Waals surface area contributed by atoms with Crippen LogP contribution in [0.4, 0.5) is 0 Å². The molecule has 0 aliphatic heterocycles. The molecule has 0 aromatic heterocycles. The third kappa shape index (κ3) is 11.2. The molecule has 7 heteroatoms. The summed E-state index contributed by atoms with van der Waals surface area (Å²) >= 11 is 0. The predicted molar refractivity (Wildman–Crippen MR) is 63.4 cm³/mol. The normalized spacial score (nSPS) is 13.1. The zero-order valence-electron chi connectivity index (χ0n) is 10.1. The van der Waals surface area contributed by atoms with E-state index in [4.69, 9.17) is 5.11 Å². The molecule has 0 aliphatic carbocycles. The molecule has 1 amide bonds. The van der Waals surface area contributed by atoms with Gasteiger partial charge in [-0.1, -0.05) is 6.92 Å². The molecular weight excluding hydrogens is 246 g/mol. The largest absolute Gasteiger partial charge is 0.481 e. The third-order valence-electron chi connectivity index (χ3n) is 2.09. The first-order chi connectivity index (χ1) is 7.70. The minimum Gasteiger partial charge on any atom is -0.481 e. The quantitative estimate of drug-likeness (QED) is 0.645. The maximum atomic E-state index is 11.3. The lowest BCUT2D eigenvalue weighted by Gasteiger charge is -2.10. The van der Waals surface area contributed by atoms with Crippen LogP contribution in [0.3, 0.4) is 0 Å². The highest BCUT2D eigenvalue weighted by molar-refractivity contribution is 7.90. The van der Waals surface area contributed by atoms with Gasteiger partial charge in [0.05, 0.1) is 5.75 Å². The molecule has 0 spiro atoms. The lowest BCUT2D eigenvalue weighted by Crippen LogP contribution is -2.29. The van der Waals surface area contributed by atoms with Gasteiger partial charge in [-0.15, -0.1) is 0 Å². The maximum absolute atomic E-state index is 11.3. The number of carboxylic acid groups (broad SMARTS) is 1. The summed E-state index contributed by atoms with van der Waals surface area (Å²) in [7, 11) is -3.02. The number of carboxylic acids is 1. The Kier molecular flexibility index (Phi) is 6.79. The molecule has 0 aromatic carbocycles. The van der Waals surface area contributed by atoms with E-state index in [9.17, 15) is 18.0 Å². The summed E-state index contributed by atoms with van der Waals surface area (Å²) in [5.74, 6) is -1.29. The zero-order valence-corrected chi connectivity index (χ0v) is 10.9. The minimum atomic E-state index is -3.02. The molecule has 0 saturated heterocycles. The number of carbonyl (C=O) groups is 2. The summed E-state index contributed by atoms with van der Waals surface area (Å²) in [5.41, 5.74) is 0. The fraction of sp³-hybridized carbons (Fsp3) is 0.800. The second-order valence-electron chi connectivity index (χ2n) is 4.24. The van der Waals surface area contributed by atoms with Gasteiger partial charge in [0.25, 0.3) is 0 Å². The monoisotopic (exact) mass is 265 g/mol. The summed E-state index contributed by atoms with van der Waals surface area (Å²) in [6.07, 6.45) is 1.56. The Morgan fingerprint density at radius 1 is 1.35 bits per heavy atom. The van der Waals surface area contributed by atoms with Gasteiger partial charge in [-0.05, 0) is 12.3 Å². The van der Waals surface area contributed by atoms with Gasteiger partial charge in [-0.25, -0.2) is 8.42 Å². The molecule has 0 aromatic rings. The van der Waals surface area contributed by atoms with Crippen molar-refractivity contribution in [1.29, 1.82) is 0 Å². The van der Waals surface area contributed by atoms with Crippen molar-refractivity contribution in [2.45, 2.75) is 26.2 Å². The Hall–Kier alpha value is -1.11. The Bertz CT molecular complexity index is 363. The minimum absolute atomic E-state index is 0.00359. The van der Waals surface area contributed by atoms with Gasteiger partial charge in [0.1, 0.15) is 9.84 Å². The van der Waals surface area contributed by atoms with Gasteiger partial charge in [0, 0.05) is 25.6 Å². The molecule has 0 aliphatic rings. The van der Waals surface area contributed by atoms with E-state index < -0.39 is 15.8 Å². The number of amides is 1. The molecule has 0 heterocycles. The molecule has 1 unspecified atom stereocenters. The molecular formula is C10H19NO5S. The van der Waals surface area contributed by atoms with E-state index in [0.29, 0.717) is 6.54 Å². The summed E-state index contributed by atoms with van der Waals surface area (Å²) in [6.45, 7) is 2.02. The van der Waals surface area contributed by atoms with Crippen molar-refractivity contribution in [2.75, 3.05) is 18.6 Å². The predicted octanol–water partition coefficient (Wildman–Crippen LogP) is 0.0382. The van der Waals surface area contributed by atoms with Crippen molar-refractivity contribution in [2.24, 2.45) is 5.92 Å². The summed E-state index contributed by atoms with van der Waals surface area (Å²) in [5, 5.41) is 11.1. The Labute approximate surface area is 101 Å². The Morgan fingerprint density at radius 3 is 2.41 bits per heavy atom. The van der Waals surface area contributed by atoms with E-state index >= 15 is 0 Å². The maximum Gasteiger partial charge on any atom is 0.303 e. The van der Waals surface area contributed by atoms with Crippen molar-refractivity contribution in [3.63, 3.8) is 0 Å². The van der Waals surface area contributed by atoms with Crippen LogP contribution in [0, 0.1) is 5.92 Å². The second kappa shape index (κ2) is 7.26. The van der Waals surface area contributed by atoms with Gasteiger partial charge in [-0.2, -0.15) is 0 Å². The van der Waals surface area contributed by atoms with Crippen LogP contribution in [0.2, 0.25) is 0 Å². The average molecular weight is 265 g/mol. The number of sulfone groups is 1. The van der Waals surface area contributed by atoms with Crippen molar-refractivity contribution < 1.29 is 23.1 Å². The number of rotatable bonds is 8. The molecule has 0 fully saturated rings. The van der Waals surface area contributed by atoms with E-state index in [-0.39, 0.29) is 36.8 Å². The van der Waals surface area contributed by atoms with Gasteiger partial charge in [-0.3, -0.25) is 9.59 Å². The SMILES string of the molecule is CC(CNC(=O)CCCS(C)(=O)=O)CC(=O)O. The highest BCUT2D eigenvalue weighted by Crippen LogP contribution is 2.00. The molecule has 2 N–H and O–H groups in total. The van der Waals surface area contributed by atoms with Gasteiger partial charge >= 0.3 is 5.97 Å². The van der Waals surface area contributed by atoms with Crippen LogP contribution in [0.5, 0.6) is 0 Å². The smallest absolute Gasteiger partial charge is 0.303 e. The molecule has 6 nitrogen and oxygen atoms in total. The Morgan fingerprint density at radius 2 is 1.94 bits per heavy atom. The highest BCUT2D eigenvalue weighted by Gasteiger charge is 2.10. The van der Waals surface area contributed by atoms with Crippen LogP contribution in [0.1, 0.15) is 26.2 Å². The summed E-state index contributed by atoms with van der Waals surface area (Å²) in [6, 6.07) is 0. The second-order valence-corrected chi connectivity index (χ2v) is 6.50. The van der Waals surface area contributed by atoms with Crippen LogP contribution in [-0.2, 0) is 19.4 Å². The zero-order chi connectivity index (χ0) is 13.5. The fourth-order valence-electron chi connectivity index (χ4n) is 1.24. The van der Waals surface area contributed by atoms with E-state index in [1.54, 1.807) is 6.92 Å². The van der Waals surface area contributed by atoms with E-state index in [1.807, 2.05) is 0 Å². The van der Waals surface area contributed by atoms with Crippen LogP contribution in [0.25, 0.3) is 0 Å². The number of nitrogens with one attached hydrogen (secondary N) is 1. The first kappa shape index (κ1) is 15.9.